The van der Waals surface area contributed by atoms with Crippen LogP contribution < -0.4 is 0 Å². The van der Waals surface area contributed by atoms with Crippen LogP contribution in [0.3, 0.4) is 0 Å². The maximum absolute atomic E-state index is 12.4. The summed E-state index contributed by atoms with van der Waals surface area (Å²) < 4.78 is 27.6. The number of aryl methyl sites for hydroxylation is 2. The average molecular weight is 275 g/mol. The Hall–Kier alpha value is -0.920. The molecule has 6 nitrogen and oxygen atoms in total. The van der Waals surface area contributed by atoms with Gasteiger partial charge in [0.2, 0.25) is 10.0 Å². The smallest absolute Gasteiger partial charge is 0.246 e. The molecule has 7 heteroatoms. The van der Waals surface area contributed by atoms with Gasteiger partial charge in [-0.05, 0) is 27.2 Å². The van der Waals surface area contributed by atoms with Gasteiger partial charge in [0.05, 0.1) is 17.5 Å². The Morgan fingerprint density at radius 1 is 1.44 bits per heavy atom. The molecule has 0 aliphatic heterocycles. The summed E-state index contributed by atoms with van der Waals surface area (Å²) >= 11 is 0. The lowest BCUT2D eigenvalue weighted by atomic mass is 10.3. The van der Waals surface area contributed by atoms with Gasteiger partial charge in [-0.15, -0.1) is 0 Å². The van der Waals surface area contributed by atoms with Crippen LogP contribution in [0.4, 0.5) is 0 Å². The first kappa shape index (κ1) is 15.1. The van der Waals surface area contributed by atoms with Crippen molar-refractivity contribution in [3.8, 4) is 0 Å². The van der Waals surface area contributed by atoms with Gasteiger partial charge in [-0.1, -0.05) is 0 Å². The van der Waals surface area contributed by atoms with E-state index < -0.39 is 16.1 Å². The van der Waals surface area contributed by atoms with Crippen LogP contribution in [0.1, 0.15) is 24.7 Å². The monoisotopic (exact) mass is 275 g/mol. The van der Waals surface area contributed by atoms with Crippen molar-refractivity contribution in [3.05, 3.63) is 11.4 Å². The van der Waals surface area contributed by atoms with E-state index in [1.807, 2.05) is 0 Å². The third-order valence-electron chi connectivity index (χ3n) is 2.97. The van der Waals surface area contributed by atoms with Crippen molar-refractivity contribution in [3.63, 3.8) is 0 Å². The first-order chi connectivity index (χ1) is 8.17. The second kappa shape index (κ2) is 5.38. The van der Waals surface area contributed by atoms with Crippen molar-refractivity contribution in [2.75, 3.05) is 13.6 Å². The topological polar surface area (TPSA) is 75.4 Å². The largest absolute Gasteiger partial charge is 0.393 e. The lowest BCUT2D eigenvalue weighted by Gasteiger charge is -2.18. The SMILES string of the molecule is Cc1nn(C)c(C)c1S(=O)(=O)N(C)CCC(C)O. The lowest BCUT2D eigenvalue weighted by Crippen LogP contribution is -2.30. The van der Waals surface area contributed by atoms with Crippen molar-refractivity contribution in [1.82, 2.24) is 14.1 Å². The first-order valence-corrected chi connectivity index (χ1v) is 7.26. The van der Waals surface area contributed by atoms with Gasteiger partial charge in [0, 0.05) is 20.6 Å². The molecule has 0 saturated carbocycles. The van der Waals surface area contributed by atoms with Crippen molar-refractivity contribution in [2.24, 2.45) is 7.05 Å². The molecule has 0 amide bonds. The molecule has 0 saturated heterocycles. The number of hydrogen-bond donors (Lipinski definition) is 1. The Morgan fingerprint density at radius 3 is 2.39 bits per heavy atom. The number of aromatic nitrogens is 2. The summed E-state index contributed by atoms with van der Waals surface area (Å²) in [5.41, 5.74) is 1.12. The standard InChI is InChI=1S/C11H21N3O3S/c1-8(15)6-7-13(4)18(16,17)11-9(2)12-14(5)10(11)3/h8,15H,6-7H2,1-5H3. The molecule has 1 unspecified atom stereocenters. The van der Waals surface area contributed by atoms with Gasteiger partial charge in [0.15, 0.2) is 0 Å². The van der Waals surface area contributed by atoms with Crippen LogP contribution in [-0.4, -0.2) is 47.3 Å². The maximum Gasteiger partial charge on any atom is 0.246 e. The van der Waals surface area contributed by atoms with Crippen molar-refractivity contribution < 1.29 is 13.5 Å². The third-order valence-corrected chi connectivity index (χ3v) is 5.08. The predicted octanol–water partition coefficient (Wildman–Crippen LogP) is 0.428. The fraction of sp³-hybridized carbons (Fsp3) is 0.727. The van der Waals surface area contributed by atoms with Gasteiger partial charge in [-0.3, -0.25) is 4.68 Å². The van der Waals surface area contributed by atoms with Crippen molar-refractivity contribution in [1.29, 1.82) is 0 Å². The quantitative estimate of drug-likeness (QED) is 0.845. The normalized spacial score (nSPS) is 14.2. The third kappa shape index (κ3) is 2.90. The van der Waals surface area contributed by atoms with Gasteiger partial charge < -0.3 is 5.11 Å². The minimum atomic E-state index is -3.54. The summed E-state index contributed by atoms with van der Waals surface area (Å²) in [6.45, 7) is 5.34. The summed E-state index contributed by atoms with van der Waals surface area (Å²) in [5.74, 6) is 0. The van der Waals surface area contributed by atoms with Gasteiger partial charge in [0.1, 0.15) is 4.90 Å². The number of rotatable bonds is 5. The summed E-state index contributed by atoms with van der Waals surface area (Å²) in [6.07, 6.45) is -0.104. The fourth-order valence-corrected chi connectivity index (χ4v) is 3.35. The molecule has 1 rings (SSSR count). The summed E-state index contributed by atoms with van der Waals surface area (Å²) in [4.78, 5) is 0.262. The Kier molecular flexibility index (Phi) is 4.52. The zero-order chi connectivity index (χ0) is 14.1. The first-order valence-electron chi connectivity index (χ1n) is 5.82. The second-order valence-corrected chi connectivity index (χ2v) is 6.57. The van der Waals surface area contributed by atoms with Crippen LogP contribution in [0.2, 0.25) is 0 Å². The van der Waals surface area contributed by atoms with Gasteiger partial charge in [0.25, 0.3) is 0 Å². The fourth-order valence-electron chi connectivity index (χ4n) is 1.77. The van der Waals surface area contributed by atoms with E-state index >= 15 is 0 Å². The van der Waals surface area contributed by atoms with Gasteiger partial charge in [-0.25, -0.2) is 12.7 Å². The number of hydrogen-bond acceptors (Lipinski definition) is 4. The Morgan fingerprint density at radius 2 is 2.00 bits per heavy atom. The van der Waals surface area contributed by atoms with Gasteiger partial charge >= 0.3 is 0 Å². The molecule has 104 valence electrons. The van der Waals surface area contributed by atoms with E-state index in [9.17, 15) is 13.5 Å². The molecule has 1 aromatic heterocycles. The predicted molar refractivity (Wildman–Crippen MR) is 68.8 cm³/mol. The van der Waals surface area contributed by atoms with Crippen LogP contribution in [0.5, 0.6) is 0 Å². The molecule has 0 radical (unpaired) electrons. The van der Waals surface area contributed by atoms with Crippen LogP contribution >= 0.6 is 0 Å². The molecule has 0 aliphatic rings. The highest BCUT2D eigenvalue weighted by Crippen LogP contribution is 2.22. The molecule has 1 heterocycles. The number of sulfonamides is 1. The maximum atomic E-state index is 12.4. The summed E-state index contributed by atoms with van der Waals surface area (Å²) in [5, 5.41) is 13.3. The molecule has 0 spiro atoms. The van der Waals surface area contributed by atoms with E-state index in [1.165, 1.54) is 11.4 Å². The molecule has 0 aromatic carbocycles. The van der Waals surface area contributed by atoms with E-state index in [0.29, 0.717) is 17.8 Å². The molecule has 18 heavy (non-hydrogen) atoms. The molecular formula is C11H21N3O3S. The highest BCUT2D eigenvalue weighted by atomic mass is 32.2. The second-order valence-electron chi connectivity index (χ2n) is 4.59. The molecule has 1 N–H and O–H groups in total. The summed E-state index contributed by atoms with van der Waals surface area (Å²) in [7, 11) is -0.299. The molecule has 0 fully saturated rings. The van der Waals surface area contributed by atoms with E-state index in [2.05, 4.69) is 5.10 Å². The highest BCUT2D eigenvalue weighted by Gasteiger charge is 2.27. The molecule has 0 aliphatic carbocycles. The lowest BCUT2D eigenvalue weighted by molar-refractivity contribution is 0.177. The Bertz CT molecular complexity index is 520. The average Bonchev–Trinajstić information content (AvgIpc) is 2.49. The molecule has 0 bridgehead atoms. The molecular weight excluding hydrogens is 254 g/mol. The van der Waals surface area contributed by atoms with E-state index in [0.717, 1.165) is 0 Å². The van der Waals surface area contributed by atoms with Gasteiger partial charge in [-0.2, -0.15) is 5.10 Å². The number of aliphatic hydroxyl groups is 1. The van der Waals surface area contributed by atoms with E-state index in [4.69, 9.17) is 0 Å². The highest BCUT2D eigenvalue weighted by molar-refractivity contribution is 7.89. The Labute approximate surface area is 108 Å². The Balaban J connectivity index is 3.06. The van der Waals surface area contributed by atoms with Crippen LogP contribution in [0.15, 0.2) is 4.90 Å². The molecule has 1 atom stereocenters. The number of aliphatic hydroxyl groups excluding tert-OH is 1. The van der Waals surface area contributed by atoms with Crippen molar-refractivity contribution in [2.45, 2.75) is 38.2 Å². The van der Waals surface area contributed by atoms with E-state index in [-0.39, 0.29) is 11.4 Å². The van der Waals surface area contributed by atoms with Crippen LogP contribution in [-0.2, 0) is 17.1 Å². The number of nitrogens with zero attached hydrogens (tertiary/aromatic N) is 3. The minimum Gasteiger partial charge on any atom is -0.393 e. The zero-order valence-corrected chi connectivity index (χ0v) is 12.3. The van der Waals surface area contributed by atoms with Crippen LogP contribution in [0.25, 0.3) is 0 Å². The van der Waals surface area contributed by atoms with Crippen molar-refractivity contribution >= 4 is 10.0 Å². The zero-order valence-electron chi connectivity index (χ0n) is 11.5. The van der Waals surface area contributed by atoms with Crippen LogP contribution in [0, 0.1) is 13.8 Å². The molecule has 1 aromatic rings. The summed E-state index contributed by atoms with van der Waals surface area (Å²) in [6, 6.07) is 0. The minimum absolute atomic E-state index is 0.262. The van der Waals surface area contributed by atoms with E-state index in [1.54, 1.807) is 32.5 Å².